The fourth-order valence-electron chi connectivity index (χ4n) is 1.23. The van der Waals surface area contributed by atoms with Gasteiger partial charge in [0.2, 0.25) is 5.91 Å². The molecule has 2 N–H and O–H groups in total. The molecule has 0 aromatic carbocycles. The minimum absolute atomic E-state index is 0.0550. The predicted octanol–water partition coefficient (Wildman–Crippen LogP) is 1.67. The van der Waals surface area contributed by atoms with Crippen LogP contribution in [0.5, 0.6) is 0 Å². The number of thioether (sulfide) groups is 1. The van der Waals surface area contributed by atoms with E-state index in [1.165, 1.54) is 6.20 Å². The van der Waals surface area contributed by atoms with Crippen molar-refractivity contribution in [1.29, 1.82) is 5.26 Å². The molecule has 106 valence electrons. The molecule has 0 aliphatic carbocycles. The van der Waals surface area contributed by atoms with E-state index in [0.717, 1.165) is 11.8 Å². The summed E-state index contributed by atoms with van der Waals surface area (Å²) in [6.45, 7) is 5.47. The summed E-state index contributed by atoms with van der Waals surface area (Å²) >= 11 is 1.16. The molecule has 0 atom stereocenters. The lowest BCUT2D eigenvalue weighted by Gasteiger charge is -2.20. The summed E-state index contributed by atoms with van der Waals surface area (Å²) in [4.78, 5) is 27.1. The van der Waals surface area contributed by atoms with Crippen LogP contribution in [-0.2, 0) is 4.79 Å². The van der Waals surface area contributed by atoms with Crippen LogP contribution in [0.2, 0.25) is 0 Å². The Hall–Kier alpha value is -2.07. The number of carbonyl (C=O) groups is 2. The van der Waals surface area contributed by atoms with Crippen LogP contribution in [0.4, 0.5) is 4.79 Å². The number of amides is 3. The van der Waals surface area contributed by atoms with Gasteiger partial charge in [-0.3, -0.25) is 10.1 Å². The van der Waals surface area contributed by atoms with Gasteiger partial charge in [0.1, 0.15) is 0 Å². The van der Waals surface area contributed by atoms with Crippen molar-refractivity contribution in [3.8, 4) is 6.07 Å². The minimum Gasteiger partial charge on any atom is -0.333 e. The molecule has 0 bridgehead atoms. The van der Waals surface area contributed by atoms with Crippen LogP contribution in [-0.4, -0.2) is 28.2 Å². The molecule has 7 heteroatoms. The topological polar surface area (TPSA) is 94.9 Å². The summed E-state index contributed by atoms with van der Waals surface area (Å²) < 4.78 is 0. The molecule has 0 saturated heterocycles. The highest BCUT2D eigenvalue weighted by Crippen LogP contribution is 2.15. The summed E-state index contributed by atoms with van der Waals surface area (Å²) in [5.41, 5.74) is 0.0774. The minimum atomic E-state index is -0.526. The Morgan fingerprint density at radius 2 is 2.15 bits per heavy atom. The van der Waals surface area contributed by atoms with Gasteiger partial charge >= 0.3 is 6.03 Å². The van der Waals surface area contributed by atoms with Crippen molar-refractivity contribution in [1.82, 2.24) is 15.6 Å². The molecule has 0 fully saturated rings. The number of pyridine rings is 1. The van der Waals surface area contributed by atoms with E-state index < -0.39 is 17.5 Å². The maximum Gasteiger partial charge on any atom is 0.321 e. The first-order chi connectivity index (χ1) is 9.30. The maximum absolute atomic E-state index is 11.6. The molecule has 1 aromatic heterocycles. The molecular formula is C13H16N4O2S. The molecule has 0 radical (unpaired) electrons. The molecule has 3 amide bonds. The van der Waals surface area contributed by atoms with Crippen LogP contribution in [0.25, 0.3) is 0 Å². The van der Waals surface area contributed by atoms with Crippen LogP contribution < -0.4 is 10.6 Å². The molecule has 0 unspecified atom stereocenters. The van der Waals surface area contributed by atoms with Gasteiger partial charge < -0.3 is 5.32 Å². The number of hydrogen-bond donors (Lipinski definition) is 2. The van der Waals surface area contributed by atoms with E-state index in [1.807, 2.05) is 26.8 Å². The quantitative estimate of drug-likeness (QED) is 0.826. The molecule has 0 spiro atoms. The molecule has 0 aliphatic rings. The Morgan fingerprint density at radius 3 is 2.75 bits per heavy atom. The van der Waals surface area contributed by atoms with E-state index in [9.17, 15) is 9.59 Å². The monoisotopic (exact) mass is 292 g/mol. The zero-order valence-corrected chi connectivity index (χ0v) is 12.4. The summed E-state index contributed by atoms with van der Waals surface area (Å²) in [7, 11) is 0. The highest BCUT2D eigenvalue weighted by atomic mass is 32.2. The van der Waals surface area contributed by atoms with Crippen molar-refractivity contribution in [3.63, 3.8) is 0 Å². The van der Waals surface area contributed by atoms with Crippen molar-refractivity contribution in [2.75, 3.05) is 5.75 Å². The first-order valence-corrected chi connectivity index (χ1v) is 6.89. The van der Waals surface area contributed by atoms with Gasteiger partial charge in [-0.25, -0.2) is 9.78 Å². The van der Waals surface area contributed by atoms with Gasteiger partial charge in [0.15, 0.2) is 0 Å². The number of rotatable bonds is 3. The first kappa shape index (κ1) is 16.0. The second kappa shape index (κ2) is 6.91. The van der Waals surface area contributed by atoms with E-state index in [1.54, 1.807) is 12.1 Å². The third kappa shape index (κ3) is 6.20. The molecule has 0 saturated carbocycles. The van der Waals surface area contributed by atoms with E-state index in [4.69, 9.17) is 5.26 Å². The Morgan fingerprint density at radius 1 is 1.45 bits per heavy atom. The molecule has 20 heavy (non-hydrogen) atoms. The normalized spacial score (nSPS) is 10.5. The number of carbonyl (C=O) groups excluding carboxylic acids is 2. The third-order valence-electron chi connectivity index (χ3n) is 1.96. The average molecular weight is 292 g/mol. The fourth-order valence-corrected chi connectivity index (χ4v) is 1.93. The van der Waals surface area contributed by atoms with Crippen LogP contribution >= 0.6 is 11.8 Å². The number of imide groups is 1. The Bertz CT molecular complexity index is 546. The van der Waals surface area contributed by atoms with Gasteiger partial charge in [-0.05, 0) is 32.9 Å². The van der Waals surface area contributed by atoms with Gasteiger partial charge in [-0.15, -0.1) is 0 Å². The Labute approximate surface area is 122 Å². The molecule has 1 aromatic rings. The van der Waals surface area contributed by atoms with Gasteiger partial charge in [0.25, 0.3) is 0 Å². The molecule has 6 nitrogen and oxygen atoms in total. The van der Waals surface area contributed by atoms with Gasteiger partial charge in [-0.2, -0.15) is 5.26 Å². The third-order valence-corrected chi connectivity index (χ3v) is 2.88. The highest BCUT2D eigenvalue weighted by Gasteiger charge is 2.15. The number of aromatic nitrogens is 1. The number of nitrogens with one attached hydrogen (secondary N) is 2. The smallest absolute Gasteiger partial charge is 0.321 e. The van der Waals surface area contributed by atoms with E-state index in [2.05, 4.69) is 15.6 Å². The van der Waals surface area contributed by atoms with Gasteiger partial charge in [-0.1, -0.05) is 11.8 Å². The standard InChI is InChI=1S/C13H16N4O2S/c1-13(2,3)17-12(19)16-10(18)8-20-11-6-9(7-14)4-5-15-11/h4-6H,8H2,1-3H3,(H2,16,17,18,19). The van der Waals surface area contributed by atoms with Crippen molar-refractivity contribution >= 4 is 23.7 Å². The van der Waals surface area contributed by atoms with E-state index in [0.29, 0.717) is 10.6 Å². The zero-order valence-electron chi connectivity index (χ0n) is 11.6. The number of hydrogen-bond acceptors (Lipinski definition) is 5. The largest absolute Gasteiger partial charge is 0.333 e. The summed E-state index contributed by atoms with van der Waals surface area (Å²) in [5.74, 6) is -0.361. The lowest BCUT2D eigenvalue weighted by Crippen LogP contribution is -2.48. The van der Waals surface area contributed by atoms with Crippen LogP contribution in [0.15, 0.2) is 23.4 Å². The predicted molar refractivity (Wildman–Crippen MR) is 76.1 cm³/mol. The molecule has 0 aliphatic heterocycles. The average Bonchev–Trinajstić information content (AvgIpc) is 2.34. The summed E-state index contributed by atoms with van der Waals surface area (Å²) in [6, 6.07) is 4.64. The van der Waals surface area contributed by atoms with Crippen LogP contribution in [0.1, 0.15) is 26.3 Å². The van der Waals surface area contributed by atoms with Crippen LogP contribution in [0.3, 0.4) is 0 Å². The van der Waals surface area contributed by atoms with Gasteiger partial charge in [0.05, 0.1) is 22.4 Å². The summed E-state index contributed by atoms with van der Waals surface area (Å²) in [6.07, 6.45) is 1.51. The second-order valence-electron chi connectivity index (χ2n) is 5.04. The van der Waals surface area contributed by atoms with E-state index in [-0.39, 0.29) is 5.75 Å². The molecular weight excluding hydrogens is 276 g/mol. The van der Waals surface area contributed by atoms with Gasteiger partial charge in [0, 0.05) is 11.7 Å². The zero-order chi connectivity index (χ0) is 15.2. The Balaban J connectivity index is 2.44. The second-order valence-corrected chi connectivity index (χ2v) is 6.03. The molecule has 1 rings (SSSR count). The SMILES string of the molecule is CC(C)(C)NC(=O)NC(=O)CSc1cc(C#N)ccn1. The van der Waals surface area contributed by atoms with Crippen molar-refractivity contribution < 1.29 is 9.59 Å². The van der Waals surface area contributed by atoms with Crippen molar-refractivity contribution in [2.24, 2.45) is 0 Å². The van der Waals surface area contributed by atoms with E-state index >= 15 is 0 Å². The fraction of sp³-hybridized carbons (Fsp3) is 0.385. The Kier molecular flexibility index (Phi) is 5.53. The van der Waals surface area contributed by atoms with Crippen molar-refractivity contribution in [3.05, 3.63) is 23.9 Å². The summed E-state index contributed by atoms with van der Waals surface area (Å²) in [5, 5.41) is 14.2. The first-order valence-electron chi connectivity index (χ1n) is 5.91. The van der Waals surface area contributed by atoms with Crippen molar-refractivity contribution in [2.45, 2.75) is 31.3 Å². The molecule has 1 heterocycles. The highest BCUT2D eigenvalue weighted by molar-refractivity contribution is 7.99. The lowest BCUT2D eigenvalue weighted by atomic mass is 10.1. The van der Waals surface area contributed by atoms with Crippen LogP contribution in [0, 0.1) is 11.3 Å². The number of nitrogens with zero attached hydrogens (tertiary/aromatic N) is 2. The maximum atomic E-state index is 11.6. The number of urea groups is 1. The lowest BCUT2D eigenvalue weighted by molar-refractivity contribution is -0.117. The number of nitriles is 1.